The average Bonchev–Trinajstić information content (AvgIpc) is 2.47. The zero-order chi connectivity index (χ0) is 10.3. The Morgan fingerprint density at radius 2 is 2.08 bits per heavy atom. The number of nitrogens with zero attached hydrogens (tertiary/aromatic N) is 1. The van der Waals surface area contributed by atoms with Crippen molar-refractivity contribution in [1.82, 2.24) is 0 Å². The summed E-state index contributed by atoms with van der Waals surface area (Å²) in [6, 6.07) is 2.16. The van der Waals surface area contributed by atoms with Crippen LogP contribution in [-0.4, -0.2) is 6.15 Å². The van der Waals surface area contributed by atoms with Crippen molar-refractivity contribution in [1.29, 1.82) is 5.26 Å². The highest BCUT2D eigenvalue weighted by molar-refractivity contribution is 7.10. The summed E-state index contributed by atoms with van der Waals surface area (Å²) in [5, 5.41) is 10.5. The molecule has 0 radical (unpaired) electrons. The molecule has 0 aliphatic carbocycles. The Labute approximate surface area is 80.6 Å². The molecule has 1 aromatic rings. The molecule has 3 nitrogen and oxygen atoms in total. The van der Waals surface area contributed by atoms with Gasteiger partial charge in [0.15, 0.2) is 0 Å². The number of rotatable bonds is 1. The summed E-state index contributed by atoms with van der Waals surface area (Å²) in [5.74, 6) is 0. The predicted octanol–water partition coefficient (Wildman–Crippen LogP) is 1.91. The Morgan fingerprint density at radius 3 is 2.31 bits per heavy atom. The van der Waals surface area contributed by atoms with Crippen molar-refractivity contribution in [3.63, 3.8) is 0 Å². The van der Waals surface area contributed by atoms with Crippen LogP contribution >= 0.6 is 11.3 Å². The molecule has 0 unspecified atom stereocenters. The van der Waals surface area contributed by atoms with Gasteiger partial charge in [-0.1, -0.05) is 6.92 Å². The molecule has 1 rings (SSSR count). The summed E-state index contributed by atoms with van der Waals surface area (Å²) in [7, 11) is 0. The van der Waals surface area contributed by atoms with Crippen LogP contribution in [-0.2, 0) is 16.0 Å². The zero-order valence-electron chi connectivity index (χ0n) is 7.46. The first-order chi connectivity index (χ1) is 6.21. The molecular formula is C9H9NO2S. The zero-order valence-corrected chi connectivity index (χ0v) is 8.27. The normalized spacial score (nSPS) is 7.77. The molecule has 0 fully saturated rings. The van der Waals surface area contributed by atoms with E-state index in [1.165, 1.54) is 4.88 Å². The number of aryl methyl sites for hydroxylation is 1. The van der Waals surface area contributed by atoms with Crippen molar-refractivity contribution < 1.29 is 9.59 Å². The van der Waals surface area contributed by atoms with Gasteiger partial charge in [-0.15, -0.1) is 11.3 Å². The fraction of sp³-hybridized carbons (Fsp3) is 0.333. The second kappa shape index (κ2) is 6.13. The minimum atomic E-state index is 0.250. The molecule has 0 amide bonds. The molecule has 0 aromatic carbocycles. The fourth-order valence-electron chi connectivity index (χ4n) is 0.916. The van der Waals surface area contributed by atoms with E-state index in [9.17, 15) is 0 Å². The second-order valence-electron chi connectivity index (χ2n) is 2.25. The lowest BCUT2D eigenvalue weighted by Gasteiger charge is -1.90. The molecule has 1 heterocycles. The lowest BCUT2D eigenvalue weighted by Crippen LogP contribution is -1.78. The van der Waals surface area contributed by atoms with Crippen molar-refractivity contribution in [2.45, 2.75) is 20.3 Å². The van der Waals surface area contributed by atoms with Gasteiger partial charge in [-0.3, -0.25) is 0 Å². The van der Waals surface area contributed by atoms with Gasteiger partial charge < -0.3 is 0 Å². The van der Waals surface area contributed by atoms with E-state index >= 15 is 0 Å². The maximum Gasteiger partial charge on any atom is 0.373 e. The number of hydrogen-bond acceptors (Lipinski definition) is 4. The Morgan fingerprint density at radius 1 is 1.54 bits per heavy atom. The summed E-state index contributed by atoms with van der Waals surface area (Å²) >= 11 is 1.68. The van der Waals surface area contributed by atoms with Crippen LogP contribution in [0.5, 0.6) is 0 Å². The van der Waals surface area contributed by atoms with E-state index in [0.29, 0.717) is 0 Å². The number of hydrogen-bond donors (Lipinski definition) is 0. The van der Waals surface area contributed by atoms with Crippen LogP contribution in [0.25, 0.3) is 0 Å². The van der Waals surface area contributed by atoms with Gasteiger partial charge in [0.25, 0.3) is 0 Å². The maximum atomic E-state index is 8.58. The molecule has 68 valence electrons. The average molecular weight is 195 g/mol. The van der Waals surface area contributed by atoms with Crippen molar-refractivity contribution in [2.24, 2.45) is 0 Å². The lowest BCUT2D eigenvalue weighted by atomic mass is 10.2. The molecule has 4 heteroatoms. The first-order valence-corrected chi connectivity index (χ1v) is 4.55. The van der Waals surface area contributed by atoms with E-state index in [-0.39, 0.29) is 6.15 Å². The van der Waals surface area contributed by atoms with Crippen LogP contribution in [0.2, 0.25) is 0 Å². The van der Waals surface area contributed by atoms with Gasteiger partial charge in [0, 0.05) is 10.3 Å². The topological polar surface area (TPSA) is 57.9 Å². The summed E-state index contributed by atoms with van der Waals surface area (Å²) in [5.41, 5.74) is 2.00. The van der Waals surface area contributed by atoms with Crippen molar-refractivity contribution in [3.05, 3.63) is 21.4 Å². The third-order valence-corrected chi connectivity index (χ3v) is 2.82. The largest absolute Gasteiger partial charge is 0.373 e. The van der Waals surface area contributed by atoms with Crippen molar-refractivity contribution in [2.75, 3.05) is 0 Å². The molecular weight excluding hydrogens is 186 g/mol. The smallest absolute Gasteiger partial charge is 0.192 e. The van der Waals surface area contributed by atoms with E-state index in [1.54, 1.807) is 11.3 Å². The third-order valence-electron chi connectivity index (χ3n) is 1.58. The number of carbonyl (C=O) groups excluding carboxylic acids is 2. The standard InChI is InChI=1S/C8H9NS.CO2/c1-3-8-6(2)7(4-9)5-10-8;2-1-3/h5H,3H2,1-2H3;. The highest BCUT2D eigenvalue weighted by Crippen LogP contribution is 2.20. The van der Waals surface area contributed by atoms with E-state index < -0.39 is 0 Å². The molecule has 0 aliphatic rings. The Bertz CT molecular complexity index is 343. The van der Waals surface area contributed by atoms with Gasteiger partial charge in [-0.2, -0.15) is 14.9 Å². The molecule has 0 bridgehead atoms. The summed E-state index contributed by atoms with van der Waals surface area (Å²) in [4.78, 5) is 17.6. The van der Waals surface area contributed by atoms with Gasteiger partial charge in [0.2, 0.25) is 0 Å². The van der Waals surface area contributed by atoms with Crippen LogP contribution < -0.4 is 0 Å². The number of nitriles is 1. The highest BCUT2D eigenvalue weighted by atomic mass is 32.1. The van der Waals surface area contributed by atoms with Gasteiger partial charge >= 0.3 is 6.15 Å². The summed E-state index contributed by atoms with van der Waals surface area (Å²) in [6.45, 7) is 4.12. The van der Waals surface area contributed by atoms with E-state index in [0.717, 1.165) is 17.5 Å². The Kier molecular flexibility index (Phi) is 5.45. The summed E-state index contributed by atoms with van der Waals surface area (Å²) in [6.07, 6.45) is 1.29. The molecule has 0 spiro atoms. The summed E-state index contributed by atoms with van der Waals surface area (Å²) < 4.78 is 0. The van der Waals surface area contributed by atoms with E-state index in [2.05, 4.69) is 13.0 Å². The first kappa shape index (κ1) is 11.6. The maximum absolute atomic E-state index is 8.58. The van der Waals surface area contributed by atoms with Crippen LogP contribution in [0.4, 0.5) is 0 Å². The number of thiophene rings is 1. The highest BCUT2D eigenvalue weighted by Gasteiger charge is 2.03. The van der Waals surface area contributed by atoms with Gasteiger partial charge in [0.1, 0.15) is 6.07 Å². The molecule has 0 saturated heterocycles. The minimum absolute atomic E-state index is 0.250. The molecule has 0 atom stereocenters. The second-order valence-corrected chi connectivity index (χ2v) is 3.21. The molecule has 0 saturated carbocycles. The van der Waals surface area contributed by atoms with Crippen LogP contribution in [0.1, 0.15) is 22.9 Å². The van der Waals surface area contributed by atoms with Crippen molar-refractivity contribution in [3.8, 4) is 6.07 Å². The molecule has 1 aromatic heterocycles. The Hall–Kier alpha value is -1.43. The molecule has 0 N–H and O–H groups in total. The lowest BCUT2D eigenvalue weighted by molar-refractivity contribution is -0.191. The molecule has 13 heavy (non-hydrogen) atoms. The van der Waals surface area contributed by atoms with Crippen molar-refractivity contribution >= 4 is 17.5 Å². The fourth-order valence-corrected chi connectivity index (χ4v) is 1.86. The monoisotopic (exact) mass is 195 g/mol. The van der Waals surface area contributed by atoms with Gasteiger partial charge in [-0.25, -0.2) is 0 Å². The van der Waals surface area contributed by atoms with Crippen LogP contribution in [0.15, 0.2) is 5.38 Å². The first-order valence-electron chi connectivity index (χ1n) is 3.67. The van der Waals surface area contributed by atoms with E-state index in [1.807, 2.05) is 12.3 Å². The van der Waals surface area contributed by atoms with E-state index in [4.69, 9.17) is 14.9 Å². The van der Waals surface area contributed by atoms with Crippen LogP contribution in [0, 0.1) is 18.3 Å². The molecule has 0 aliphatic heterocycles. The Balaban J connectivity index is 0.000000424. The van der Waals surface area contributed by atoms with Gasteiger partial charge in [0.05, 0.1) is 5.56 Å². The minimum Gasteiger partial charge on any atom is -0.192 e. The van der Waals surface area contributed by atoms with Crippen LogP contribution in [0.3, 0.4) is 0 Å². The quantitative estimate of drug-likeness (QED) is 0.687. The SMILES string of the molecule is CCc1scc(C#N)c1C.O=C=O. The van der Waals surface area contributed by atoms with Gasteiger partial charge in [-0.05, 0) is 18.9 Å². The predicted molar refractivity (Wildman–Crippen MR) is 48.2 cm³/mol. The third kappa shape index (κ3) is 3.20.